The van der Waals surface area contributed by atoms with Gasteiger partial charge in [0.15, 0.2) is 11.5 Å². The molecular formula is C17H21F2NO4. The van der Waals surface area contributed by atoms with E-state index in [1.54, 1.807) is 12.1 Å². The van der Waals surface area contributed by atoms with Crippen LogP contribution in [-0.2, 0) is 9.53 Å². The molecule has 1 unspecified atom stereocenters. The molecule has 1 saturated heterocycles. The first-order chi connectivity index (χ1) is 11.6. The lowest BCUT2D eigenvalue weighted by molar-refractivity contribution is -0.142. The van der Waals surface area contributed by atoms with E-state index in [2.05, 4.69) is 10.1 Å². The highest BCUT2D eigenvalue weighted by Gasteiger charge is 2.31. The van der Waals surface area contributed by atoms with Crippen molar-refractivity contribution in [3.63, 3.8) is 0 Å². The van der Waals surface area contributed by atoms with Crippen LogP contribution in [0.25, 0.3) is 0 Å². The second-order valence-electron chi connectivity index (χ2n) is 6.26. The van der Waals surface area contributed by atoms with Gasteiger partial charge in [0.25, 0.3) is 0 Å². The monoisotopic (exact) mass is 341 g/mol. The Bertz CT molecular complexity index is 592. The Morgan fingerprint density at radius 2 is 2.12 bits per heavy atom. The summed E-state index contributed by atoms with van der Waals surface area (Å²) < 4.78 is 40.1. The Morgan fingerprint density at radius 1 is 1.33 bits per heavy atom. The summed E-state index contributed by atoms with van der Waals surface area (Å²) in [5.74, 6) is 0.689. The van der Waals surface area contributed by atoms with Crippen molar-refractivity contribution in [3.8, 4) is 11.5 Å². The fourth-order valence-electron chi connectivity index (χ4n) is 2.89. The van der Waals surface area contributed by atoms with E-state index in [0.717, 1.165) is 18.4 Å². The third kappa shape index (κ3) is 4.14. The molecule has 1 aromatic rings. The van der Waals surface area contributed by atoms with Crippen LogP contribution in [0.1, 0.15) is 30.7 Å². The van der Waals surface area contributed by atoms with Gasteiger partial charge in [-0.1, -0.05) is 6.07 Å². The van der Waals surface area contributed by atoms with E-state index >= 15 is 0 Å². The van der Waals surface area contributed by atoms with E-state index in [4.69, 9.17) is 9.47 Å². The van der Waals surface area contributed by atoms with Gasteiger partial charge in [-0.25, -0.2) is 0 Å². The summed E-state index contributed by atoms with van der Waals surface area (Å²) >= 11 is 0. The number of rotatable bonds is 7. The molecule has 0 amide bonds. The first-order valence-corrected chi connectivity index (χ1v) is 8.09. The van der Waals surface area contributed by atoms with Gasteiger partial charge in [0.2, 0.25) is 0 Å². The second-order valence-corrected chi connectivity index (χ2v) is 6.26. The second kappa shape index (κ2) is 7.34. The minimum absolute atomic E-state index is 0.0462. The molecule has 2 fully saturated rings. The Labute approximate surface area is 139 Å². The Morgan fingerprint density at radius 3 is 2.79 bits per heavy atom. The molecule has 1 N–H and O–H groups in total. The van der Waals surface area contributed by atoms with Crippen LogP contribution in [0.5, 0.6) is 11.5 Å². The summed E-state index contributed by atoms with van der Waals surface area (Å²) in [6.45, 7) is -1.76. The number of esters is 1. The summed E-state index contributed by atoms with van der Waals surface area (Å²) in [4.78, 5) is 11.6. The predicted octanol–water partition coefficient (Wildman–Crippen LogP) is 2.70. The molecule has 1 aliphatic carbocycles. The number of nitrogens with one attached hydrogen (secondary N) is 1. The normalized spacial score (nSPS) is 23.3. The lowest BCUT2D eigenvalue weighted by Crippen LogP contribution is -2.31. The average molecular weight is 341 g/mol. The third-order valence-electron chi connectivity index (χ3n) is 4.44. The van der Waals surface area contributed by atoms with Crippen molar-refractivity contribution in [2.24, 2.45) is 5.92 Å². The number of methoxy groups -OCH3 is 1. The van der Waals surface area contributed by atoms with Crippen molar-refractivity contribution in [1.82, 2.24) is 5.32 Å². The van der Waals surface area contributed by atoms with Crippen molar-refractivity contribution in [3.05, 3.63) is 23.8 Å². The molecule has 1 heterocycles. The highest BCUT2D eigenvalue weighted by atomic mass is 19.3. The zero-order chi connectivity index (χ0) is 17.1. The van der Waals surface area contributed by atoms with Gasteiger partial charge in [-0.3, -0.25) is 4.79 Å². The number of carbonyl (C=O) groups excluding carboxylic acids is 1. The molecule has 1 aromatic carbocycles. The van der Waals surface area contributed by atoms with Crippen molar-refractivity contribution in [2.75, 3.05) is 20.3 Å². The molecular weight excluding hydrogens is 320 g/mol. The molecule has 2 atom stereocenters. The van der Waals surface area contributed by atoms with Crippen molar-refractivity contribution < 1.29 is 27.8 Å². The predicted molar refractivity (Wildman–Crippen MR) is 82.5 cm³/mol. The van der Waals surface area contributed by atoms with Gasteiger partial charge in [0.1, 0.15) is 6.04 Å². The molecule has 0 spiro atoms. The molecule has 2 aliphatic rings. The maximum absolute atomic E-state index is 12.6. The van der Waals surface area contributed by atoms with Crippen LogP contribution >= 0.6 is 0 Å². The minimum atomic E-state index is -2.89. The molecule has 0 aromatic heterocycles. The summed E-state index contributed by atoms with van der Waals surface area (Å²) in [5, 5.41) is 3.12. The first-order valence-electron chi connectivity index (χ1n) is 8.09. The molecule has 0 bridgehead atoms. The van der Waals surface area contributed by atoms with Gasteiger partial charge in [0.05, 0.1) is 13.7 Å². The lowest BCUT2D eigenvalue weighted by atomic mass is 9.96. The smallest absolute Gasteiger partial charge is 0.387 e. The Hall–Kier alpha value is -1.89. The number of hydrogen-bond acceptors (Lipinski definition) is 5. The fourth-order valence-corrected chi connectivity index (χ4v) is 2.89. The maximum atomic E-state index is 12.6. The van der Waals surface area contributed by atoms with Crippen molar-refractivity contribution in [1.29, 1.82) is 0 Å². The number of alkyl halides is 2. The summed E-state index contributed by atoms with van der Waals surface area (Å²) in [6, 6.07) is 4.66. The van der Waals surface area contributed by atoms with Crippen molar-refractivity contribution >= 4 is 5.97 Å². The number of halogens is 2. The third-order valence-corrected chi connectivity index (χ3v) is 4.44. The van der Waals surface area contributed by atoms with Gasteiger partial charge >= 0.3 is 12.6 Å². The van der Waals surface area contributed by atoms with E-state index in [1.165, 1.54) is 13.2 Å². The number of benzene rings is 1. The standard InChI is InChI=1S/C17H21F2NO4/c1-22-16(21)13-6-12(8-20-13)11-4-5-14(24-17(18)19)15(7-11)23-9-10-2-3-10/h4-5,7,10,12-13,17,20H,2-3,6,8-9H2,1H3/t12?,13-/m1/s1. The number of carbonyl (C=O) groups is 1. The summed E-state index contributed by atoms with van der Waals surface area (Å²) in [6.07, 6.45) is 2.82. The van der Waals surface area contributed by atoms with E-state index < -0.39 is 6.61 Å². The largest absolute Gasteiger partial charge is 0.489 e. The Kier molecular flexibility index (Phi) is 5.18. The summed E-state index contributed by atoms with van der Waals surface area (Å²) in [5.41, 5.74) is 0.932. The fraction of sp³-hybridized carbons (Fsp3) is 0.588. The van der Waals surface area contributed by atoms with E-state index in [9.17, 15) is 13.6 Å². The highest BCUT2D eigenvalue weighted by molar-refractivity contribution is 5.76. The van der Waals surface area contributed by atoms with Gasteiger partial charge in [-0.05, 0) is 48.8 Å². The zero-order valence-electron chi connectivity index (χ0n) is 13.5. The molecule has 132 valence electrons. The van der Waals surface area contributed by atoms with E-state index in [0.29, 0.717) is 31.2 Å². The van der Waals surface area contributed by atoms with Crippen LogP contribution in [0.3, 0.4) is 0 Å². The number of ether oxygens (including phenoxy) is 3. The average Bonchev–Trinajstić information content (AvgIpc) is 3.27. The highest BCUT2D eigenvalue weighted by Crippen LogP contribution is 2.37. The first kappa shape index (κ1) is 17.0. The van der Waals surface area contributed by atoms with E-state index in [1.807, 2.05) is 0 Å². The molecule has 3 rings (SSSR count). The Balaban J connectivity index is 1.73. The van der Waals surface area contributed by atoms with Crippen molar-refractivity contribution in [2.45, 2.75) is 37.8 Å². The van der Waals surface area contributed by atoms with Crippen LogP contribution in [-0.4, -0.2) is 38.9 Å². The molecule has 1 saturated carbocycles. The van der Waals surface area contributed by atoms with Crippen LogP contribution in [0.15, 0.2) is 18.2 Å². The quantitative estimate of drug-likeness (QED) is 0.773. The van der Waals surface area contributed by atoms with Gasteiger partial charge in [-0.2, -0.15) is 8.78 Å². The SMILES string of the molecule is COC(=O)[C@H]1CC(c2ccc(OC(F)F)c(OCC3CC3)c2)CN1. The van der Waals surface area contributed by atoms with Crippen LogP contribution in [0.2, 0.25) is 0 Å². The number of hydrogen-bond donors (Lipinski definition) is 1. The van der Waals surface area contributed by atoms with Crippen LogP contribution < -0.4 is 14.8 Å². The molecule has 24 heavy (non-hydrogen) atoms. The van der Waals surface area contributed by atoms with Gasteiger partial charge in [0, 0.05) is 6.54 Å². The van der Waals surface area contributed by atoms with Gasteiger partial charge in [-0.15, -0.1) is 0 Å². The molecule has 0 radical (unpaired) electrons. The summed E-state index contributed by atoms with van der Waals surface area (Å²) in [7, 11) is 1.36. The van der Waals surface area contributed by atoms with E-state index in [-0.39, 0.29) is 23.7 Å². The topological polar surface area (TPSA) is 56.8 Å². The zero-order valence-corrected chi connectivity index (χ0v) is 13.5. The minimum Gasteiger partial charge on any atom is -0.489 e. The molecule has 1 aliphatic heterocycles. The molecule has 5 nitrogen and oxygen atoms in total. The van der Waals surface area contributed by atoms with Crippen LogP contribution in [0.4, 0.5) is 8.78 Å². The maximum Gasteiger partial charge on any atom is 0.387 e. The van der Waals surface area contributed by atoms with Gasteiger partial charge < -0.3 is 19.5 Å². The van der Waals surface area contributed by atoms with Crippen LogP contribution in [0, 0.1) is 5.92 Å². The molecule has 7 heteroatoms. The lowest BCUT2D eigenvalue weighted by Gasteiger charge is -2.16.